The minimum absolute atomic E-state index is 0.481. The van der Waals surface area contributed by atoms with E-state index in [0.29, 0.717) is 34.0 Å². The highest BCUT2D eigenvalue weighted by atomic mass is 19.4. The van der Waals surface area contributed by atoms with E-state index in [1.165, 1.54) is 38.5 Å². The molecule has 0 fully saturated rings. The molecule has 0 radical (unpaired) electrons. The van der Waals surface area contributed by atoms with Crippen LogP contribution < -0.4 is 20.1 Å². The Morgan fingerprint density at radius 3 is 1.02 bits per heavy atom. The van der Waals surface area contributed by atoms with E-state index >= 15 is 0 Å². The summed E-state index contributed by atoms with van der Waals surface area (Å²) in [7, 11) is 3.04. The molecule has 0 saturated carbocycles. The molecule has 0 aromatic heterocycles. The number of alkyl halides is 6. The number of methoxy groups -OCH3 is 2. The summed E-state index contributed by atoms with van der Waals surface area (Å²) in [4.78, 5) is 0. The number of rotatable bonds is 9. The zero-order valence-electron chi connectivity index (χ0n) is 21.5. The van der Waals surface area contributed by atoms with Crippen LogP contribution in [0.2, 0.25) is 0 Å². The molecular formula is C30H26F6N2O2. The number of halogens is 6. The number of benzene rings is 4. The second kappa shape index (κ2) is 11.8. The van der Waals surface area contributed by atoms with Crippen molar-refractivity contribution in [3.05, 3.63) is 119 Å². The van der Waals surface area contributed by atoms with Gasteiger partial charge in [-0.25, -0.2) is 0 Å². The van der Waals surface area contributed by atoms with Crippen LogP contribution in [0.3, 0.4) is 0 Å². The van der Waals surface area contributed by atoms with Gasteiger partial charge in [0.25, 0.3) is 0 Å². The SMILES string of the molecule is COc1ccc(N[C@@H](c2ccc(C(F)(F)F)cc2)[C@@H](Nc2ccc(OC)cc2)c2ccc(C(F)(F)F)cc2)cc1. The zero-order chi connectivity index (χ0) is 28.9. The predicted octanol–water partition coefficient (Wildman–Crippen LogP) is 8.75. The van der Waals surface area contributed by atoms with E-state index in [-0.39, 0.29) is 0 Å². The van der Waals surface area contributed by atoms with Gasteiger partial charge in [0.1, 0.15) is 11.5 Å². The molecule has 0 aliphatic rings. The molecule has 2 atom stereocenters. The van der Waals surface area contributed by atoms with Crippen molar-refractivity contribution in [2.45, 2.75) is 24.4 Å². The normalized spacial score (nSPS) is 13.3. The molecule has 40 heavy (non-hydrogen) atoms. The van der Waals surface area contributed by atoms with Crippen LogP contribution in [0.25, 0.3) is 0 Å². The highest BCUT2D eigenvalue weighted by Crippen LogP contribution is 2.39. The topological polar surface area (TPSA) is 42.5 Å². The molecule has 4 aromatic rings. The maximum Gasteiger partial charge on any atom is 0.416 e. The van der Waals surface area contributed by atoms with E-state index in [4.69, 9.17) is 9.47 Å². The van der Waals surface area contributed by atoms with Gasteiger partial charge in [-0.2, -0.15) is 26.3 Å². The molecule has 10 heteroatoms. The van der Waals surface area contributed by atoms with Crippen LogP contribution in [0, 0.1) is 0 Å². The first-order chi connectivity index (χ1) is 19.0. The molecule has 0 aliphatic heterocycles. The molecule has 0 heterocycles. The van der Waals surface area contributed by atoms with Gasteiger partial charge in [-0.3, -0.25) is 0 Å². The lowest BCUT2D eigenvalue weighted by atomic mass is 9.91. The summed E-state index contributed by atoms with van der Waals surface area (Å²) in [5.41, 5.74) is 0.588. The first-order valence-corrected chi connectivity index (χ1v) is 12.1. The Bertz CT molecular complexity index is 1260. The minimum atomic E-state index is -4.52. The monoisotopic (exact) mass is 560 g/mol. The maximum absolute atomic E-state index is 13.3. The first-order valence-electron chi connectivity index (χ1n) is 12.1. The lowest BCUT2D eigenvalue weighted by molar-refractivity contribution is -0.138. The summed E-state index contributed by atoms with van der Waals surface area (Å²) in [6, 6.07) is 21.8. The molecular weight excluding hydrogens is 534 g/mol. The quantitative estimate of drug-likeness (QED) is 0.201. The van der Waals surface area contributed by atoms with Crippen LogP contribution in [-0.4, -0.2) is 14.2 Å². The summed E-state index contributed by atoms with van der Waals surface area (Å²) in [6.07, 6.45) is -9.04. The number of hydrogen-bond acceptors (Lipinski definition) is 4. The number of hydrogen-bond donors (Lipinski definition) is 2. The second-order valence-electron chi connectivity index (χ2n) is 8.94. The van der Waals surface area contributed by atoms with Gasteiger partial charge in [0.15, 0.2) is 0 Å². The van der Waals surface area contributed by atoms with Crippen LogP contribution >= 0.6 is 0 Å². The Labute approximate surface area is 227 Å². The van der Waals surface area contributed by atoms with E-state index in [2.05, 4.69) is 10.6 Å². The molecule has 0 saturated heterocycles. The van der Waals surface area contributed by atoms with Gasteiger partial charge in [0.05, 0.1) is 37.4 Å². The van der Waals surface area contributed by atoms with Crippen LogP contribution in [0.4, 0.5) is 37.7 Å². The molecule has 0 bridgehead atoms. The fraction of sp³-hybridized carbons (Fsp3) is 0.200. The summed E-state index contributed by atoms with van der Waals surface area (Å²) in [5, 5.41) is 6.69. The van der Waals surface area contributed by atoms with E-state index in [9.17, 15) is 26.3 Å². The van der Waals surface area contributed by atoms with Gasteiger partial charge < -0.3 is 20.1 Å². The van der Waals surface area contributed by atoms with Crippen molar-refractivity contribution in [1.29, 1.82) is 0 Å². The molecule has 4 rings (SSSR count). The zero-order valence-corrected chi connectivity index (χ0v) is 21.5. The maximum atomic E-state index is 13.3. The number of anilines is 2. The smallest absolute Gasteiger partial charge is 0.416 e. The predicted molar refractivity (Wildman–Crippen MR) is 142 cm³/mol. The van der Waals surface area contributed by atoms with Crippen molar-refractivity contribution in [2.24, 2.45) is 0 Å². The fourth-order valence-electron chi connectivity index (χ4n) is 4.21. The molecule has 0 unspecified atom stereocenters. The van der Waals surface area contributed by atoms with Gasteiger partial charge in [-0.1, -0.05) is 24.3 Å². The molecule has 210 valence electrons. The summed E-state index contributed by atoms with van der Waals surface area (Å²) >= 11 is 0. The van der Waals surface area contributed by atoms with Gasteiger partial charge in [0, 0.05) is 11.4 Å². The molecule has 0 amide bonds. The number of nitrogens with one attached hydrogen (secondary N) is 2. The number of ether oxygens (including phenoxy) is 2. The Morgan fingerprint density at radius 1 is 0.475 bits per heavy atom. The Morgan fingerprint density at radius 2 is 0.775 bits per heavy atom. The highest BCUT2D eigenvalue weighted by Gasteiger charge is 2.33. The van der Waals surface area contributed by atoms with Crippen molar-refractivity contribution < 1.29 is 35.8 Å². The Hall–Kier alpha value is -4.34. The lowest BCUT2D eigenvalue weighted by Gasteiger charge is -2.32. The molecule has 2 N–H and O–H groups in total. The largest absolute Gasteiger partial charge is 0.497 e. The van der Waals surface area contributed by atoms with Crippen molar-refractivity contribution in [3.63, 3.8) is 0 Å². The third kappa shape index (κ3) is 6.99. The van der Waals surface area contributed by atoms with E-state index < -0.39 is 35.6 Å². The van der Waals surface area contributed by atoms with E-state index in [0.717, 1.165) is 24.3 Å². The van der Waals surface area contributed by atoms with Crippen molar-refractivity contribution in [2.75, 3.05) is 24.9 Å². The van der Waals surface area contributed by atoms with E-state index in [1.54, 1.807) is 48.5 Å². The highest BCUT2D eigenvalue weighted by molar-refractivity contribution is 5.53. The second-order valence-corrected chi connectivity index (χ2v) is 8.94. The molecule has 0 spiro atoms. The van der Waals surface area contributed by atoms with Gasteiger partial charge >= 0.3 is 12.4 Å². The third-order valence-corrected chi connectivity index (χ3v) is 6.35. The van der Waals surface area contributed by atoms with Gasteiger partial charge in [-0.15, -0.1) is 0 Å². The molecule has 4 nitrogen and oxygen atoms in total. The van der Waals surface area contributed by atoms with Gasteiger partial charge in [0.2, 0.25) is 0 Å². The van der Waals surface area contributed by atoms with E-state index in [1.807, 2.05) is 0 Å². The summed E-state index contributed by atoms with van der Waals surface area (Å²) < 4.78 is 90.2. The third-order valence-electron chi connectivity index (χ3n) is 6.35. The van der Waals surface area contributed by atoms with Crippen molar-refractivity contribution >= 4 is 11.4 Å². The average Bonchev–Trinajstić information content (AvgIpc) is 2.95. The van der Waals surface area contributed by atoms with Crippen molar-refractivity contribution in [3.8, 4) is 11.5 Å². The average molecular weight is 561 g/mol. The molecule has 4 aromatic carbocycles. The van der Waals surface area contributed by atoms with Crippen LogP contribution in [0.1, 0.15) is 34.3 Å². The first kappa shape index (κ1) is 28.7. The lowest BCUT2D eigenvalue weighted by Crippen LogP contribution is -2.26. The van der Waals surface area contributed by atoms with Crippen molar-refractivity contribution in [1.82, 2.24) is 0 Å². The molecule has 0 aliphatic carbocycles. The fourth-order valence-corrected chi connectivity index (χ4v) is 4.21. The Kier molecular flexibility index (Phi) is 8.46. The van der Waals surface area contributed by atoms with Crippen LogP contribution in [0.5, 0.6) is 11.5 Å². The summed E-state index contributed by atoms with van der Waals surface area (Å²) in [5.74, 6) is 1.21. The van der Waals surface area contributed by atoms with Gasteiger partial charge in [-0.05, 0) is 83.9 Å². The minimum Gasteiger partial charge on any atom is -0.497 e. The van der Waals surface area contributed by atoms with Crippen LogP contribution in [0.15, 0.2) is 97.1 Å². The van der Waals surface area contributed by atoms with Crippen LogP contribution in [-0.2, 0) is 12.4 Å². The summed E-state index contributed by atoms with van der Waals surface area (Å²) in [6.45, 7) is 0. The Balaban J connectivity index is 1.81. The standard InChI is InChI=1S/C30H26F6N2O2/c1-39-25-15-11-23(12-16-25)37-27(19-3-7-21(8-4-19)29(31,32)33)28(38-24-13-17-26(40-2)18-14-24)20-5-9-22(10-6-20)30(34,35)36/h3-18,27-28,37-38H,1-2H3/t27-,28-/m0/s1.